The van der Waals surface area contributed by atoms with Crippen molar-refractivity contribution < 1.29 is 4.79 Å². The van der Waals surface area contributed by atoms with Crippen LogP contribution in [0.5, 0.6) is 0 Å². The van der Waals surface area contributed by atoms with Gasteiger partial charge in [0.25, 0.3) is 0 Å². The molecule has 2 aliphatic rings. The van der Waals surface area contributed by atoms with Crippen molar-refractivity contribution in [2.75, 3.05) is 13.1 Å². The number of ketones is 1. The summed E-state index contributed by atoms with van der Waals surface area (Å²) in [5.41, 5.74) is 0. The molecule has 2 unspecified atom stereocenters. The van der Waals surface area contributed by atoms with Crippen LogP contribution < -0.4 is 0 Å². The monoisotopic (exact) mass is 209 g/mol. The van der Waals surface area contributed by atoms with Crippen molar-refractivity contribution in [3.05, 3.63) is 0 Å². The van der Waals surface area contributed by atoms with Gasteiger partial charge >= 0.3 is 0 Å². The second kappa shape index (κ2) is 5.11. The molecule has 0 spiro atoms. The third kappa shape index (κ3) is 2.60. The lowest BCUT2D eigenvalue weighted by molar-refractivity contribution is -0.120. The van der Waals surface area contributed by atoms with Crippen molar-refractivity contribution in [3.63, 3.8) is 0 Å². The van der Waals surface area contributed by atoms with Crippen molar-refractivity contribution in [3.8, 4) is 0 Å². The van der Waals surface area contributed by atoms with Crippen LogP contribution in [0.4, 0.5) is 0 Å². The molecule has 0 bridgehead atoms. The van der Waals surface area contributed by atoms with Crippen LogP contribution in [0.25, 0.3) is 0 Å². The molecule has 2 nitrogen and oxygen atoms in total. The van der Waals surface area contributed by atoms with Gasteiger partial charge in [-0.25, -0.2) is 0 Å². The van der Waals surface area contributed by atoms with E-state index in [0.717, 1.165) is 38.3 Å². The summed E-state index contributed by atoms with van der Waals surface area (Å²) in [6, 6.07) is 0.807. The van der Waals surface area contributed by atoms with Crippen LogP contribution >= 0.6 is 0 Å². The average Bonchev–Trinajstić information content (AvgIpc) is 2.83. The van der Waals surface area contributed by atoms with E-state index in [4.69, 9.17) is 0 Å². The van der Waals surface area contributed by atoms with Gasteiger partial charge in [0.05, 0.1) is 0 Å². The molecule has 1 heterocycles. The maximum Gasteiger partial charge on any atom is 0.136 e. The first-order chi connectivity index (χ1) is 7.31. The largest absolute Gasteiger partial charge is 0.300 e. The minimum Gasteiger partial charge on any atom is -0.300 e. The number of Topliss-reactive ketones (excluding diaryl/α,β-unsaturated/α-hetero) is 1. The van der Waals surface area contributed by atoms with E-state index in [1.54, 1.807) is 0 Å². The van der Waals surface area contributed by atoms with Gasteiger partial charge in [0.2, 0.25) is 0 Å². The molecule has 1 saturated heterocycles. The average molecular weight is 209 g/mol. The molecule has 1 saturated carbocycles. The molecule has 0 aromatic rings. The van der Waals surface area contributed by atoms with E-state index in [0.29, 0.717) is 11.7 Å². The van der Waals surface area contributed by atoms with E-state index >= 15 is 0 Å². The smallest absolute Gasteiger partial charge is 0.136 e. The first kappa shape index (κ1) is 11.1. The van der Waals surface area contributed by atoms with Crippen molar-refractivity contribution in [2.24, 2.45) is 5.92 Å². The Morgan fingerprint density at radius 2 is 2.20 bits per heavy atom. The third-order valence-electron chi connectivity index (χ3n) is 4.17. The molecule has 0 amide bonds. The van der Waals surface area contributed by atoms with Crippen LogP contribution in [-0.4, -0.2) is 29.8 Å². The van der Waals surface area contributed by atoms with Gasteiger partial charge in [-0.15, -0.1) is 0 Å². The minimum absolute atomic E-state index is 0.406. The van der Waals surface area contributed by atoms with Crippen LogP contribution in [0.3, 0.4) is 0 Å². The molecule has 2 atom stereocenters. The van der Waals surface area contributed by atoms with Gasteiger partial charge in [0.15, 0.2) is 0 Å². The Labute approximate surface area is 93.0 Å². The Bertz CT molecular complexity index is 227. The van der Waals surface area contributed by atoms with Crippen LogP contribution in [0, 0.1) is 5.92 Å². The molecule has 15 heavy (non-hydrogen) atoms. The van der Waals surface area contributed by atoms with E-state index in [9.17, 15) is 4.79 Å². The zero-order chi connectivity index (χ0) is 10.7. The summed E-state index contributed by atoms with van der Waals surface area (Å²) in [5.74, 6) is 0.936. The Balaban J connectivity index is 1.75. The van der Waals surface area contributed by atoms with Crippen LogP contribution in [0.1, 0.15) is 51.9 Å². The summed E-state index contributed by atoms with van der Waals surface area (Å²) in [5, 5.41) is 0. The number of likely N-dealkylation sites (tertiary alicyclic amines) is 1. The summed E-state index contributed by atoms with van der Waals surface area (Å²) in [7, 11) is 0. The van der Waals surface area contributed by atoms with Crippen LogP contribution in [0.2, 0.25) is 0 Å². The third-order valence-corrected chi connectivity index (χ3v) is 4.17. The molecule has 1 aliphatic heterocycles. The van der Waals surface area contributed by atoms with Crippen LogP contribution in [0.15, 0.2) is 0 Å². The second-order valence-corrected chi connectivity index (χ2v) is 5.08. The van der Waals surface area contributed by atoms with Crippen molar-refractivity contribution >= 4 is 5.78 Å². The lowest BCUT2D eigenvalue weighted by Crippen LogP contribution is -2.31. The van der Waals surface area contributed by atoms with Crippen molar-refractivity contribution in [1.29, 1.82) is 0 Å². The fourth-order valence-corrected chi connectivity index (χ4v) is 3.17. The van der Waals surface area contributed by atoms with Gasteiger partial charge in [0.1, 0.15) is 5.78 Å². The molecular formula is C13H23NO. The highest BCUT2D eigenvalue weighted by Crippen LogP contribution is 2.26. The Morgan fingerprint density at radius 3 is 2.87 bits per heavy atom. The summed E-state index contributed by atoms with van der Waals surface area (Å²) in [4.78, 5) is 14.1. The number of carbonyl (C=O) groups is 1. The molecule has 2 rings (SSSR count). The first-order valence-corrected chi connectivity index (χ1v) is 6.58. The standard InChI is InChI=1S/C13H23NO/c1-2-12-6-4-9-14(12)10-8-11-5-3-7-13(11)15/h11-12H,2-10H2,1H3. The normalized spacial score (nSPS) is 32.7. The zero-order valence-electron chi connectivity index (χ0n) is 9.87. The first-order valence-electron chi connectivity index (χ1n) is 6.58. The summed E-state index contributed by atoms with van der Waals surface area (Å²) in [6.45, 7) is 4.71. The van der Waals surface area contributed by atoms with E-state index < -0.39 is 0 Å². The lowest BCUT2D eigenvalue weighted by atomic mass is 10.0. The summed E-state index contributed by atoms with van der Waals surface area (Å²) < 4.78 is 0. The van der Waals surface area contributed by atoms with Crippen LogP contribution in [-0.2, 0) is 4.79 Å². The number of carbonyl (C=O) groups excluding carboxylic acids is 1. The molecular weight excluding hydrogens is 186 g/mol. The Morgan fingerprint density at radius 1 is 1.33 bits per heavy atom. The molecule has 0 N–H and O–H groups in total. The number of nitrogens with zero attached hydrogens (tertiary/aromatic N) is 1. The predicted octanol–water partition coefficient (Wildman–Crippen LogP) is 2.62. The van der Waals surface area contributed by atoms with Gasteiger partial charge in [0, 0.05) is 18.4 Å². The molecule has 0 radical (unpaired) electrons. The Hall–Kier alpha value is -0.370. The van der Waals surface area contributed by atoms with Gasteiger partial charge in [-0.3, -0.25) is 4.79 Å². The second-order valence-electron chi connectivity index (χ2n) is 5.08. The minimum atomic E-state index is 0.406. The SMILES string of the molecule is CCC1CCCN1CCC1CCCC1=O. The number of hydrogen-bond donors (Lipinski definition) is 0. The van der Waals surface area contributed by atoms with Crippen molar-refractivity contribution in [1.82, 2.24) is 4.90 Å². The highest BCUT2D eigenvalue weighted by atomic mass is 16.1. The highest BCUT2D eigenvalue weighted by Gasteiger charge is 2.27. The topological polar surface area (TPSA) is 20.3 Å². The van der Waals surface area contributed by atoms with E-state index in [1.165, 1.54) is 25.8 Å². The summed E-state index contributed by atoms with van der Waals surface area (Å²) in [6.07, 6.45) is 8.27. The molecule has 0 aromatic heterocycles. The van der Waals surface area contributed by atoms with Gasteiger partial charge in [-0.1, -0.05) is 6.92 Å². The Kier molecular flexibility index (Phi) is 3.79. The van der Waals surface area contributed by atoms with E-state index in [1.807, 2.05) is 0 Å². The fourth-order valence-electron chi connectivity index (χ4n) is 3.17. The maximum absolute atomic E-state index is 11.5. The lowest BCUT2D eigenvalue weighted by Gasteiger charge is -2.24. The van der Waals surface area contributed by atoms with Gasteiger partial charge in [-0.05, 0) is 51.6 Å². The van der Waals surface area contributed by atoms with E-state index in [2.05, 4.69) is 11.8 Å². The number of hydrogen-bond acceptors (Lipinski definition) is 2. The van der Waals surface area contributed by atoms with Gasteiger partial charge < -0.3 is 4.90 Å². The molecule has 2 fully saturated rings. The van der Waals surface area contributed by atoms with Gasteiger partial charge in [-0.2, -0.15) is 0 Å². The predicted molar refractivity (Wildman–Crippen MR) is 61.9 cm³/mol. The van der Waals surface area contributed by atoms with Crippen molar-refractivity contribution in [2.45, 2.75) is 57.9 Å². The molecule has 86 valence electrons. The highest BCUT2D eigenvalue weighted by molar-refractivity contribution is 5.82. The number of rotatable bonds is 4. The summed E-state index contributed by atoms with van der Waals surface area (Å²) >= 11 is 0. The fraction of sp³-hybridized carbons (Fsp3) is 0.923. The molecule has 2 heteroatoms. The van der Waals surface area contributed by atoms with E-state index in [-0.39, 0.29) is 0 Å². The zero-order valence-corrected chi connectivity index (χ0v) is 9.87. The molecule has 0 aromatic carbocycles. The molecule has 1 aliphatic carbocycles. The maximum atomic E-state index is 11.5. The quantitative estimate of drug-likeness (QED) is 0.709.